The van der Waals surface area contributed by atoms with Gasteiger partial charge in [0.1, 0.15) is 6.79 Å². The third-order valence-electron chi connectivity index (χ3n) is 3.54. The molecule has 4 N–H and O–H groups in total. The molecule has 1 aromatic rings. The van der Waals surface area contributed by atoms with E-state index < -0.39 is 17.9 Å². The third kappa shape index (κ3) is 7.66. The Morgan fingerprint density at radius 3 is 2.48 bits per heavy atom. The smallest absolute Gasteiger partial charge is 0.326 e. The van der Waals surface area contributed by atoms with Crippen molar-refractivity contribution in [3.8, 4) is 0 Å². The summed E-state index contributed by atoms with van der Waals surface area (Å²) in [6.45, 7) is 4.24. The van der Waals surface area contributed by atoms with Crippen molar-refractivity contribution >= 4 is 24.8 Å². The van der Waals surface area contributed by atoms with E-state index in [4.69, 9.17) is 19.7 Å². The molecular weight excluding hydrogens is 327 g/mol. The van der Waals surface area contributed by atoms with E-state index in [1.807, 2.05) is 6.92 Å². The Balaban J connectivity index is 2.68. The fourth-order valence-electron chi connectivity index (χ4n) is 2.13. The molecule has 0 bridgehead atoms. The van der Waals surface area contributed by atoms with Crippen molar-refractivity contribution in [2.24, 2.45) is 5.92 Å². The molecule has 2 atom stereocenters. The second kappa shape index (κ2) is 11.6. The van der Waals surface area contributed by atoms with Crippen molar-refractivity contribution in [2.75, 3.05) is 20.0 Å². The molecule has 0 saturated carbocycles. The first-order valence-corrected chi connectivity index (χ1v) is 7.99. The van der Waals surface area contributed by atoms with Crippen LogP contribution in [0.2, 0.25) is 0 Å². The number of hydroxylamine groups is 1. The quantitative estimate of drug-likeness (QED) is 0.141. The summed E-state index contributed by atoms with van der Waals surface area (Å²) in [6, 6.07) is 5.94. The van der Waals surface area contributed by atoms with E-state index in [9.17, 15) is 9.59 Å². The predicted octanol–water partition coefficient (Wildman–Crippen LogP) is -0.436. The number of carbonyl (C=O) groups excluding carboxylic acids is 2. The average molecular weight is 351 g/mol. The van der Waals surface area contributed by atoms with Gasteiger partial charge in [0.15, 0.2) is 0 Å². The Morgan fingerprint density at radius 2 is 1.92 bits per heavy atom. The third-order valence-corrected chi connectivity index (χ3v) is 3.54. The van der Waals surface area contributed by atoms with E-state index in [2.05, 4.69) is 5.32 Å². The van der Waals surface area contributed by atoms with Crippen LogP contribution in [0.15, 0.2) is 24.3 Å². The SMILES string of the molecule is CCOCOC[C@H](C[C@H](C)C(=O)NO)NC(=O)c1ccc([B]O)cc1. The van der Waals surface area contributed by atoms with Crippen LogP contribution >= 0.6 is 0 Å². The van der Waals surface area contributed by atoms with Gasteiger partial charge in [-0.1, -0.05) is 24.5 Å². The normalized spacial score (nSPS) is 13.0. The van der Waals surface area contributed by atoms with Gasteiger partial charge in [-0.05, 0) is 25.5 Å². The topological polar surface area (TPSA) is 117 Å². The fraction of sp³-hybridized carbons (Fsp3) is 0.500. The van der Waals surface area contributed by atoms with Gasteiger partial charge in [0.05, 0.1) is 12.6 Å². The Kier molecular flexibility index (Phi) is 9.79. The summed E-state index contributed by atoms with van der Waals surface area (Å²) < 4.78 is 10.4. The molecule has 0 saturated heterocycles. The Morgan fingerprint density at radius 1 is 1.24 bits per heavy atom. The number of nitrogens with one attached hydrogen (secondary N) is 2. The molecule has 0 aromatic heterocycles. The maximum atomic E-state index is 12.3. The average Bonchev–Trinajstić information content (AvgIpc) is 2.64. The van der Waals surface area contributed by atoms with E-state index in [1.54, 1.807) is 36.7 Å². The van der Waals surface area contributed by atoms with Crippen LogP contribution in [0.25, 0.3) is 0 Å². The van der Waals surface area contributed by atoms with E-state index >= 15 is 0 Å². The van der Waals surface area contributed by atoms with Gasteiger partial charge in [0.25, 0.3) is 5.91 Å². The summed E-state index contributed by atoms with van der Waals surface area (Å²) in [5.74, 6) is -1.38. The predicted molar refractivity (Wildman–Crippen MR) is 91.5 cm³/mol. The van der Waals surface area contributed by atoms with Gasteiger partial charge in [-0.15, -0.1) is 0 Å². The zero-order chi connectivity index (χ0) is 18.7. The lowest BCUT2D eigenvalue weighted by molar-refractivity contribution is -0.133. The summed E-state index contributed by atoms with van der Waals surface area (Å²) in [6.07, 6.45) is 0.284. The molecule has 0 spiro atoms. The minimum Gasteiger partial charge on any atom is -0.450 e. The van der Waals surface area contributed by atoms with Gasteiger partial charge in [0, 0.05) is 18.1 Å². The lowest BCUT2D eigenvalue weighted by Gasteiger charge is -2.21. The molecule has 2 amide bonds. The van der Waals surface area contributed by atoms with Gasteiger partial charge < -0.3 is 19.8 Å². The summed E-state index contributed by atoms with van der Waals surface area (Å²) in [7, 11) is 0.946. The van der Waals surface area contributed by atoms with Crippen LogP contribution in [0.5, 0.6) is 0 Å². The summed E-state index contributed by atoms with van der Waals surface area (Å²) in [5, 5.41) is 20.4. The van der Waals surface area contributed by atoms with Crippen LogP contribution in [-0.2, 0) is 14.3 Å². The molecule has 137 valence electrons. The fourth-order valence-corrected chi connectivity index (χ4v) is 2.13. The van der Waals surface area contributed by atoms with Crippen LogP contribution in [0.1, 0.15) is 30.6 Å². The lowest BCUT2D eigenvalue weighted by Crippen LogP contribution is -2.41. The zero-order valence-electron chi connectivity index (χ0n) is 14.4. The number of benzene rings is 1. The highest BCUT2D eigenvalue weighted by atomic mass is 16.7. The summed E-state index contributed by atoms with van der Waals surface area (Å²) >= 11 is 0. The second-order valence-corrected chi connectivity index (χ2v) is 5.52. The number of hydrogen-bond acceptors (Lipinski definition) is 6. The molecule has 1 rings (SSSR count). The van der Waals surface area contributed by atoms with Crippen LogP contribution in [0.4, 0.5) is 0 Å². The maximum Gasteiger partial charge on any atom is 0.326 e. The van der Waals surface area contributed by atoms with Crippen LogP contribution < -0.4 is 16.3 Å². The molecular formula is C16H24BN2O6. The molecule has 0 heterocycles. The number of hydrogen-bond donors (Lipinski definition) is 4. The van der Waals surface area contributed by atoms with E-state index in [-0.39, 0.29) is 25.7 Å². The second-order valence-electron chi connectivity index (χ2n) is 5.52. The summed E-state index contributed by atoms with van der Waals surface area (Å²) in [5.41, 5.74) is 2.60. The molecule has 0 aliphatic rings. The molecule has 1 radical (unpaired) electrons. The number of amides is 2. The van der Waals surface area contributed by atoms with Crippen molar-refractivity contribution in [1.82, 2.24) is 10.8 Å². The number of carbonyl (C=O) groups is 2. The standard InChI is InChI=1S/C16H24BN2O6/c1-3-24-10-25-9-14(8-11(2)15(20)19-23)18-16(21)12-4-6-13(17-22)7-5-12/h4-7,11,14,22-23H,3,8-10H2,1-2H3,(H,18,21)(H,19,20)/t11-,14-/m0/s1. The molecule has 0 fully saturated rings. The summed E-state index contributed by atoms with van der Waals surface area (Å²) in [4.78, 5) is 23.8. The number of rotatable bonds is 11. The monoisotopic (exact) mass is 351 g/mol. The lowest BCUT2D eigenvalue weighted by atomic mass is 9.88. The van der Waals surface area contributed by atoms with Crippen molar-refractivity contribution in [2.45, 2.75) is 26.3 Å². The molecule has 0 aliphatic carbocycles. The highest BCUT2D eigenvalue weighted by Crippen LogP contribution is 2.08. The van der Waals surface area contributed by atoms with E-state index in [1.165, 1.54) is 0 Å². The van der Waals surface area contributed by atoms with Crippen molar-refractivity contribution < 1.29 is 29.3 Å². The first kappa shape index (κ1) is 21.1. The highest BCUT2D eigenvalue weighted by molar-refractivity contribution is 6.45. The Labute approximate surface area is 147 Å². The molecule has 25 heavy (non-hydrogen) atoms. The van der Waals surface area contributed by atoms with E-state index in [0.29, 0.717) is 17.6 Å². The van der Waals surface area contributed by atoms with Crippen molar-refractivity contribution in [3.63, 3.8) is 0 Å². The van der Waals surface area contributed by atoms with Crippen LogP contribution in [-0.4, -0.2) is 55.6 Å². The minimum absolute atomic E-state index is 0.0878. The van der Waals surface area contributed by atoms with E-state index in [0.717, 1.165) is 7.48 Å². The molecule has 0 unspecified atom stereocenters. The Bertz CT molecular complexity index is 540. The van der Waals surface area contributed by atoms with Crippen LogP contribution in [0, 0.1) is 5.92 Å². The highest BCUT2D eigenvalue weighted by Gasteiger charge is 2.21. The van der Waals surface area contributed by atoms with Gasteiger partial charge in [-0.2, -0.15) is 0 Å². The van der Waals surface area contributed by atoms with Gasteiger partial charge in [-0.25, -0.2) is 5.48 Å². The van der Waals surface area contributed by atoms with Gasteiger partial charge in [0.2, 0.25) is 5.91 Å². The molecule has 0 aliphatic heterocycles. The maximum absolute atomic E-state index is 12.3. The van der Waals surface area contributed by atoms with Crippen LogP contribution in [0.3, 0.4) is 0 Å². The Hall–Kier alpha value is -1.94. The molecule has 8 nitrogen and oxygen atoms in total. The largest absolute Gasteiger partial charge is 0.450 e. The van der Waals surface area contributed by atoms with Crippen molar-refractivity contribution in [3.05, 3.63) is 29.8 Å². The first-order chi connectivity index (χ1) is 12.0. The molecule has 9 heteroatoms. The minimum atomic E-state index is -0.535. The molecule has 1 aromatic carbocycles. The van der Waals surface area contributed by atoms with Gasteiger partial charge >= 0.3 is 7.48 Å². The van der Waals surface area contributed by atoms with Crippen molar-refractivity contribution in [1.29, 1.82) is 0 Å². The number of ether oxygens (including phenoxy) is 2. The zero-order valence-corrected chi connectivity index (χ0v) is 14.4. The first-order valence-electron chi connectivity index (χ1n) is 7.99. The van der Waals surface area contributed by atoms with Gasteiger partial charge in [-0.3, -0.25) is 14.8 Å².